The van der Waals surface area contributed by atoms with Crippen LogP contribution in [0, 0.1) is 15.3 Å². The Morgan fingerprint density at radius 2 is 1.33 bits per heavy atom. The van der Waals surface area contributed by atoms with Crippen molar-refractivity contribution in [2.24, 2.45) is 0 Å². The van der Waals surface area contributed by atoms with E-state index in [0.717, 1.165) is 5.52 Å². The Balaban J connectivity index is -0.000000504. The van der Waals surface area contributed by atoms with Crippen LogP contribution in [0.2, 0.25) is 0 Å². The number of para-hydroxylation sites is 1. The predicted octanol–water partition coefficient (Wildman–Crippen LogP) is 2.10. The third kappa shape index (κ3) is 7.48. The van der Waals surface area contributed by atoms with Gasteiger partial charge < -0.3 is 40.0 Å². The first kappa shape index (κ1) is 26.8. The summed E-state index contributed by atoms with van der Waals surface area (Å²) in [5.41, 5.74) is 3.52. The van der Waals surface area contributed by atoms with Gasteiger partial charge in [-0.1, -0.05) is 48.5 Å². The minimum Gasteiger partial charge on any atom is -1.00 e. The maximum absolute atomic E-state index is 8.25. The van der Waals surface area contributed by atoms with Crippen LogP contribution < -0.4 is 12.4 Å². The maximum Gasteiger partial charge on any atom is 4.00 e. The molecule has 0 bridgehead atoms. The minimum atomic E-state index is -1.75. The second-order valence-electron chi connectivity index (χ2n) is 3.97. The molecule has 0 radical (unpaired) electrons. The molecule has 0 unspecified atom stereocenters. The molecule has 0 amide bonds. The molecular weight excluding hydrogens is 515 g/mol. The van der Waals surface area contributed by atoms with Gasteiger partial charge in [0, 0.05) is 11.6 Å². The molecule has 0 atom stereocenters. The molecule has 1 aromatic heterocycles. The van der Waals surface area contributed by atoms with E-state index in [9.17, 15) is 0 Å². The van der Waals surface area contributed by atoms with Crippen molar-refractivity contribution >= 4 is 10.9 Å². The molecule has 3 aromatic rings. The Morgan fingerprint density at radius 3 is 1.92 bits per heavy atom. The van der Waals surface area contributed by atoms with Crippen LogP contribution in [0.25, 0.3) is 34.3 Å². The molecule has 0 saturated heterocycles. The summed E-state index contributed by atoms with van der Waals surface area (Å²) >= 11 is 0. The molecule has 130 valence electrons. The van der Waals surface area contributed by atoms with Gasteiger partial charge in [-0.05, 0) is 23.3 Å². The van der Waals surface area contributed by atoms with Gasteiger partial charge in [0.2, 0.25) is 0 Å². The fourth-order valence-electron chi connectivity index (χ4n) is 1.97. The van der Waals surface area contributed by atoms with Gasteiger partial charge in [0.05, 0.1) is 10.6 Å². The molecule has 0 aliphatic heterocycles. The van der Waals surface area contributed by atoms with Crippen LogP contribution in [0.15, 0.2) is 66.9 Å². The van der Waals surface area contributed by atoms with E-state index in [1.807, 2.05) is 24.4 Å². The van der Waals surface area contributed by atoms with Crippen LogP contribution in [0.1, 0.15) is 0 Å². The van der Waals surface area contributed by atoms with Gasteiger partial charge in [-0.25, -0.2) is 0 Å². The number of hydrogen-bond donors (Lipinski definition) is 0. The third-order valence-electron chi connectivity index (χ3n) is 2.73. The van der Waals surface area contributed by atoms with Crippen LogP contribution in [0.3, 0.4) is 0 Å². The average molecular weight is 530 g/mol. The van der Waals surface area contributed by atoms with Crippen LogP contribution >= 0.6 is 0 Å². The smallest absolute Gasteiger partial charge is 1.00 e. The Morgan fingerprint density at radius 1 is 0.833 bits per heavy atom. The molecule has 24 heavy (non-hydrogen) atoms. The number of rotatable bonds is 1. The second kappa shape index (κ2) is 13.4. The summed E-state index contributed by atoms with van der Waals surface area (Å²) in [4.78, 5) is 12.6. The van der Waals surface area contributed by atoms with Crippen molar-refractivity contribution in [3.8, 4) is 11.1 Å². The van der Waals surface area contributed by atoms with Gasteiger partial charge in [0.25, 0.3) is 0 Å². The normalized spacial score (nSPS) is 8.00. The van der Waals surface area contributed by atoms with E-state index in [0.29, 0.717) is 0 Å². The molecule has 0 aliphatic carbocycles. The fourth-order valence-corrected chi connectivity index (χ4v) is 1.97. The molecule has 4 N–H and O–H groups in total. The first-order valence-corrected chi connectivity index (χ1v) is 5.89. The van der Waals surface area contributed by atoms with E-state index in [2.05, 4.69) is 47.4 Å². The quantitative estimate of drug-likeness (QED) is 0.351. The summed E-state index contributed by atoms with van der Waals surface area (Å²) in [7, 11) is 0. The fraction of sp³-hybridized carbons (Fsp3) is 0. The summed E-state index contributed by atoms with van der Waals surface area (Å²) in [5, 5.41) is 16.0. The van der Waals surface area contributed by atoms with E-state index in [1.54, 1.807) is 0 Å². The van der Waals surface area contributed by atoms with Crippen molar-refractivity contribution < 1.29 is 38.6 Å². The number of aromatic nitrogens is 1. The number of pyridine rings is 1. The molecule has 2 aromatic carbocycles. The Bertz CT molecular complexity index is 723. The number of nitrogens with two attached hydrogens (primary N) is 2. The Kier molecular flexibility index (Phi) is 15.0. The maximum atomic E-state index is 8.25. The van der Waals surface area contributed by atoms with Crippen molar-refractivity contribution in [1.82, 2.24) is 4.98 Å². The predicted molar refractivity (Wildman–Crippen MR) is 88.1 cm³/mol. The van der Waals surface area contributed by atoms with Crippen molar-refractivity contribution in [2.45, 2.75) is 0 Å². The number of benzene rings is 2. The van der Waals surface area contributed by atoms with E-state index in [-0.39, 0.29) is 45.8 Å². The number of hydrogen-bond acceptors (Lipinski definition) is 4. The van der Waals surface area contributed by atoms with Crippen LogP contribution in [-0.2, 0) is 21.1 Å². The van der Waals surface area contributed by atoms with Gasteiger partial charge >= 0.3 is 21.1 Å². The van der Waals surface area contributed by atoms with E-state index < -0.39 is 5.09 Å². The molecule has 0 fully saturated rings. The van der Waals surface area contributed by atoms with Gasteiger partial charge in [-0.2, -0.15) is 0 Å². The number of halogens is 1. The molecule has 1 heterocycles. The standard InChI is InChI=1S/C15H11N.ClH.NO3.2H2N.Pt/c1-2-6-12(7-3-1)13-10-11-16-15-9-5-4-8-14(13)15;;2-1(3)4;;;/h1-11H;1H;;2*1H2;/q;;3*-1;+4/p-1. The zero-order valence-electron chi connectivity index (χ0n) is 12.3. The van der Waals surface area contributed by atoms with Crippen LogP contribution in [-0.4, -0.2) is 10.1 Å². The first-order valence-electron chi connectivity index (χ1n) is 5.89. The molecule has 0 saturated carbocycles. The Labute approximate surface area is 160 Å². The molecule has 3 rings (SSSR count). The van der Waals surface area contributed by atoms with E-state index in [4.69, 9.17) is 15.3 Å². The van der Waals surface area contributed by atoms with E-state index >= 15 is 0 Å². The van der Waals surface area contributed by atoms with Crippen LogP contribution in [0.4, 0.5) is 0 Å². The van der Waals surface area contributed by atoms with Crippen molar-refractivity contribution in [2.75, 3.05) is 0 Å². The number of nitrogens with zero attached hydrogens (tertiary/aromatic N) is 2. The van der Waals surface area contributed by atoms with Gasteiger partial charge in [0.15, 0.2) is 0 Å². The van der Waals surface area contributed by atoms with Gasteiger partial charge in [-0.3, -0.25) is 4.98 Å². The van der Waals surface area contributed by atoms with Gasteiger partial charge in [-0.15, -0.1) is 0 Å². The van der Waals surface area contributed by atoms with Crippen molar-refractivity contribution in [3.05, 3.63) is 94.5 Å². The summed E-state index contributed by atoms with van der Waals surface area (Å²) in [6.07, 6.45) is 1.87. The first-order chi connectivity index (χ1) is 9.68. The topological polar surface area (TPSA) is 146 Å². The largest absolute Gasteiger partial charge is 4.00 e. The summed E-state index contributed by atoms with van der Waals surface area (Å²) in [5.74, 6) is 0. The second-order valence-corrected chi connectivity index (χ2v) is 3.97. The molecule has 9 heteroatoms. The average Bonchev–Trinajstić information content (AvgIpc) is 2.47. The summed E-state index contributed by atoms with van der Waals surface area (Å²) in [6, 6.07) is 20.7. The van der Waals surface area contributed by atoms with Crippen molar-refractivity contribution in [3.63, 3.8) is 0 Å². The SMILES string of the molecule is O=[N+]([O-])[O-].[Cl-].[NH2-].[NH2-].[Pt+4].c1ccc(-c2ccnc3ccccc23)cc1. The zero-order valence-corrected chi connectivity index (χ0v) is 15.3. The van der Waals surface area contributed by atoms with E-state index in [1.165, 1.54) is 16.5 Å². The van der Waals surface area contributed by atoms with Crippen molar-refractivity contribution in [1.29, 1.82) is 0 Å². The summed E-state index contributed by atoms with van der Waals surface area (Å²) in [6.45, 7) is 0. The molecule has 7 nitrogen and oxygen atoms in total. The minimum absolute atomic E-state index is 0. The molecular formula is C15H15ClN4O3Pt. The summed E-state index contributed by atoms with van der Waals surface area (Å²) < 4.78 is 0. The number of fused-ring (bicyclic) bond motifs is 1. The Hall–Kier alpha value is -2.05. The monoisotopic (exact) mass is 529 g/mol. The van der Waals surface area contributed by atoms with Gasteiger partial charge in [0.1, 0.15) is 0 Å². The molecule has 0 spiro atoms. The third-order valence-corrected chi connectivity index (χ3v) is 2.73. The van der Waals surface area contributed by atoms with Crippen LogP contribution in [0.5, 0.6) is 0 Å². The zero-order chi connectivity index (χ0) is 14.4. The molecule has 0 aliphatic rings.